The lowest BCUT2D eigenvalue weighted by Crippen LogP contribution is -2.67. The third-order valence-electron chi connectivity index (χ3n) is 15.3. The molecule has 1 aromatic rings. The van der Waals surface area contributed by atoms with Crippen LogP contribution in [0.25, 0.3) is 0 Å². The number of aryl methyl sites for hydroxylation is 1. The molecule has 6 rings (SSSR count). The predicted octanol–water partition coefficient (Wildman–Crippen LogP) is 9.29. The van der Waals surface area contributed by atoms with Crippen molar-refractivity contribution in [2.45, 2.75) is 131 Å². The molecule has 0 heterocycles. The Bertz CT molecular complexity index is 1450. The maximum Gasteiger partial charge on any atom is 0.302 e. The van der Waals surface area contributed by atoms with Gasteiger partial charge in [-0.15, -0.1) is 0 Å². The number of hydrogen-bond acceptors (Lipinski definition) is 5. The van der Waals surface area contributed by atoms with Gasteiger partial charge in [0.25, 0.3) is 10.1 Å². The van der Waals surface area contributed by atoms with Crippen molar-refractivity contribution >= 4 is 16.1 Å². The molecule has 6 heteroatoms. The molecule has 5 aliphatic rings. The molecule has 45 heavy (non-hydrogen) atoms. The Morgan fingerprint density at radius 2 is 1.53 bits per heavy atom. The van der Waals surface area contributed by atoms with Crippen LogP contribution < -0.4 is 0 Å². The summed E-state index contributed by atoms with van der Waals surface area (Å²) in [4.78, 5) is 12.3. The quantitative estimate of drug-likeness (QED) is 0.176. The summed E-state index contributed by atoms with van der Waals surface area (Å²) in [6.45, 7) is 23.0. The molecule has 0 aromatic heterocycles. The van der Waals surface area contributed by atoms with E-state index in [2.05, 4.69) is 48.1 Å². The molecular weight excluding hydrogens is 580 g/mol. The molecule has 0 saturated heterocycles. The first-order valence-corrected chi connectivity index (χ1v) is 19.1. The van der Waals surface area contributed by atoms with E-state index in [1.54, 1.807) is 19.1 Å². The van der Waals surface area contributed by atoms with Gasteiger partial charge in [0, 0.05) is 12.3 Å². The van der Waals surface area contributed by atoms with Gasteiger partial charge in [-0.25, -0.2) is 0 Å². The van der Waals surface area contributed by atoms with Crippen molar-refractivity contribution in [1.82, 2.24) is 0 Å². The molecule has 5 saturated carbocycles. The summed E-state index contributed by atoms with van der Waals surface area (Å²) < 4.78 is 38.8. The minimum atomic E-state index is -3.83. The molecule has 250 valence electrons. The molecule has 0 aliphatic heterocycles. The lowest BCUT2D eigenvalue weighted by Gasteiger charge is -2.73. The second-order valence-corrected chi connectivity index (χ2v) is 19.2. The van der Waals surface area contributed by atoms with Crippen LogP contribution >= 0.6 is 0 Å². The fourth-order valence-corrected chi connectivity index (χ4v) is 13.9. The standard InChI is InChI=1S/C39H58O5S/c1-25(2)29-16-21-39(24-43-45(41,42)28-12-10-26(3)11-13-28)23-22-37(8)30(34(29)39)14-15-32-36(7)19-18-33(44-27(4)40)35(5,6)31(36)17-20-38(32,37)9/h10-13,29-34H,1,14-24H2,2-9H3/t29-,30+,31+,32+,33-,34+,36-,37+,38+,39+/m0/s1. The fourth-order valence-electron chi connectivity index (χ4n) is 12.9. The number of allylic oxidation sites excluding steroid dienone is 1. The second-order valence-electron chi connectivity index (χ2n) is 17.5. The SMILES string of the molecule is C=C(C)[C@@H]1CC[C@]2(COS(=O)(=O)c3ccc(C)cc3)CC[C@]3(C)[C@H](CC[C@@H]4[C@@]5(C)CC[C@H](OC(C)=O)C(C)(C)[C@H]5CC[C@]43C)[C@@H]12. The van der Waals surface area contributed by atoms with Gasteiger partial charge in [-0.05, 0) is 141 Å². The molecule has 0 N–H and O–H groups in total. The Morgan fingerprint density at radius 1 is 0.844 bits per heavy atom. The Morgan fingerprint density at radius 3 is 2.18 bits per heavy atom. The predicted molar refractivity (Wildman–Crippen MR) is 179 cm³/mol. The Labute approximate surface area is 273 Å². The van der Waals surface area contributed by atoms with Gasteiger partial charge in [0.1, 0.15) is 6.10 Å². The molecule has 0 radical (unpaired) electrons. The fraction of sp³-hybridized carbons (Fsp3) is 0.769. The Hall–Kier alpha value is -1.66. The van der Waals surface area contributed by atoms with Gasteiger partial charge >= 0.3 is 5.97 Å². The highest BCUT2D eigenvalue weighted by atomic mass is 32.2. The van der Waals surface area contributed by atoms with Crippen LogP contribution in [0, 0.1) is 63.6 Å². The van der Waals surface area contributed by atoms with Crippen LogP contribution in [-0.2, 0) is 23.8 Å². The number of esters is 1. The number of hydrogen-bond donors (Lipinski definition) is 0. The molecule has 0 bridgehead atoms. The van der Waals surface area contributed by atoms with Gasteiger partial charge < -0.3 is 4.74 Å². The van der Waals surface area contributed by atoms with E-state index >= 15 is 0 Å². The number of benzene rings is 1. The molecule has 5 fully saturated rings. The van der Waals surface area contributed by atoms with Gasteiger partial charge in [-0.2, -0.15) is 8.42 Å². The van der Waals surface area contributed by atoms with E-state index in [1.165, 1.54) is 31.3 Å². The highest BCUT2D eigenvalue weighted by molar-refractivity contribution is 7.86. The van der Waals surface area contributed by atoms with Crippen molar-refractivity contribution in [2.24, 2.45) is 56.7 Å². The maximum atomic E-state index is 13.4. The van der Waals surface area contributed by atoms with E-state index in [9.17, 15) is 13.2 Å². The molecular formula is C39H58O5S. The summed E-state index contributed by atoms with van der Waals surface area (Å²) in [5.74, 6) is 2.31. The minimum Gasteiger partial charge on any atom is -0.462 e. The van der Waals surface area contributed by atoms with Crippen molar-refractivity contribution in [3.8, 4) is 0 Å². The second kappa shape index (κ2) is 10.9. The van der Waals surface area contributed by atoms with Crippen LogP contribution in [0.15, 0.2) is 41.3 Å². The van der Waals surface area contributed by atoms with Crippen molar-refractivity contribution < 1.29 is 22.1 Å². The first-order chi connectivity index (χ1) is 20.9. The van der Waals surface area contributed by atoms with Crippen molar-refractivity contribution in [3.05, 3.63) is 42.0 Å². The van der Waals surface area contributed by atoms with E-state index < -0.39 is 10.1 Å². The molecule has 0 spiro atoms. The molecule has 1 aromatic carbocycles. The van der Waals surface area contributed by atoms with Crippen LogP contribution in [0.5, 0.6) is 0 Å². The van der Waals surface area contributed by atoms with Crippen molar-refractivity contribution in [1.29, 1.82) is 0 Å². The molecule has 10 atom stereocenters. The first-order valence-electron chi connectivity index (χ1n) is 17.7. The van der Waals surface area contributed by atoms with Crippen LogP contribution in [0.2, 0.25) is 0 Å². The van der Waals surface area contributed by atoms with Crippen LogP contribution in [-0.4, -0.2) is 27.1 Å². The third kappa shape index (κ3) is 4.92. The highest BCUT2D eigenvalue weighted by Crippen LogP contribution is 2.77. The van der Waals surface area contributed by atoms with Crippen molar-refractivity contribution in [2.75, 3.05) is 6.61 Å². The monoisotopic (exact) mass is 638 g/mol. The average molecular weight is 639 g/mol. The summed E-state index contributed by atoms with van der Waals surface area (Å²) in [6.07, 6.45) is 11.1. The van der Waals surface area contributed by atoms with Gasteiger partial charge in [-0.3, -0.25) is 8.98 Å². The molecule has 0 unspecified atom stereocenters. The number of ether oxygens (including phenoxy) is 1. The van der Waals surface area contributed by atoms with E-state index in [4.69, 9.17) is 8.92 Å². The maximum absolute atomic E-state index is 13.4. The molecule has 5 aliphatic carbocycles. The van der Waals surface area contributed by atoms with E-state index in [0.29, 0.717) is 29.6 Å². The Balaban J connectivity index is 1.31. The summed E-state index contributed by atoms with van der Waals surface area (Å²) in [5, 5.41) is 0. The number of carbonyl (C=O) groups excluding carboxylic acids is 1. The molecule has 5 nitrogen and oxygen atoms in total. The van der Waals surface area contributed by atoms with Gasteiger partial charge in [0.05, 0.1) is 11.5 Å². The largest absolute Gasteiger partial charge is 0.462 e. The normalized spacial score (nSPS) is 43.7. The topological polar surface area (TPSA) is 69.7 Å². The number of rotatable bonds is 6. The zero-order valence-electron chi connectivity index (χ0n) is 29.2. The first kappa shape index (κ1) is 33.2. The zero-order valence-corrected chi connectivity index (χ0v) is 30.0. The lowest BCUT2D eigenvalue weighted by atomic mass is 9.32. The third-order valence-corrected chi connectivity index (χ3v) is 16.6. The van der Waals surface area contributed by atoms with E-state index in [1.807, 2.05) is 19.1 Å². The van der Waals surface area contributed by atoms with Crippen LogP contribution in [0.3, 0.4) is 0 Å². The minimum absolute atomic E-state index is 0.00865. The average Bonchev–Trinajstić information content (AvgIpc) is 3.34. The van der Waals surface area contributed by atoms with Gasteiger partial charge in [0.15, 0.2) is 0 Å². The zero-order chi connectivity index (χ0) is 32.8. The van der Waals surface area contributed by atoms with E-state index in [0.717, 1.165) is 44.1 Å². The van der Waals surface area contributed by atoms with Gasteiger partial charge in [0.2, 0.25) is 0 Å². The number of carbonyl (C=O) groups is 1. The summed E-state index contributed by atoms with van der Waals surface area (Å²) in [7, 11) is -3.83. The summed E-state index contributed by atoms with van der Waals surface area (Å²) >= 11 is 0. The van der Waals surface area contributed by atoms with Crippen molar-refractivity contribution in [3.63, 3.8) is 0 Å². The van der Waals surface area contributed by atoms with Crippen LogP contribution in [0.4, 0.5) is 0 Å². The van der Waals surface area contributed by atoms with E-state index in [-0.39, 0.29) is 50.7 Å². The van der Waals surface area contributed by atoms with Gasteiger partial charge in [-0.1, -0.05) is 64.5 Å². The molecule has 0 amide bonds. The Kier molecular flexibility index (Phi) is 8.08. The van der Waals surface area contributed by atoms with Crippen LogP contribution in [0.1, 0.15) is 118 Å². The summed E-state index contributed by atoms with van der Waals surface area (Å²) in [5.41, 5.74) is 2.69. The number of fused-ring (bicyclic) bond motifs is 7. The smallest absolute Gasteiger partial charge is 0.302 e. The summed E-state index contributed by atoms with van der Waals surface area (Å²) in [6, 6.07) is 7.02. The highest BCUT2D eigenvalue weighted by Gasteiger charge is 2.71. The lowest BCUT2D eigenvalue weighted by molar-refractivity contribution is -0.251.